The lowest BCUT2D eigenvalue weighted by Crippen LogP contribution is -2.09. The molecule has 0 amide bonds. The van der Waals surface area contributed by atoms with Crippen LogP contribution in [0.3, 0.4) is 0 Å². The largest absolute Gasteiger partial charge is 0.384 e. The summed E-state index contributed by atoms with van der Waals surface area (Å²) in [7, 11) is 0. The van der Waals surface area contributed by atoms with Gasteiger partial charge in [0.2, 0.25) is 0 Å². The number of anilines is 1. The predicted molar refractivity (Wildman–Crippen MR) is 86.6 cm³/mol. The summed E-state index contributed by atoms with van der Waals surface area (Å²) in [5.74, 6) is 0.396. The van der Waals surface area contributed by atoms with Gasteiger partial charge in [-0.2, -0.15) is 0 Å². The van der Waals surface area contributed by atoms with E-state index in [4.69, 9.17) is 17.3 Å². The number of pyridine rings is 1. The number of nitrogens with two attached hydrogens (primary N) is 1. The summed E-state index contributed by atoms with van der Waals surface area (Å²) in [5.41, 5.74) is 9.70. The fourth-order valence-corrected chi connectivity index (χ4v) is 3.90. The van der Waals surface area contributed by atoms with Crippen LogP contribution in [-0.2, 0) is 12.8 Å². The zero-order valence-electron chi connectivity index (χ0n) is 11.8. The van der Waals surface area contributed by atoms with Gasteiger partial charge in [0.05, 0.1) is 10.9 Å². The third-order valence-corrected chi connectivity index (χ3v) is 4.83. The Kier molecular flexibility index (Phi) is 4.31. The topological polar surface area (TPSA) is 64.7 Å². The summed E-state index contributed by atoms with van der Waals surface area (Å²) in [6.07, 6.45) is 6.68. The minimum atomic E-state index is 0.177. The Balaban J connectivity index is 1.87. The van der Waals surface area contributed by atoms with Crippen molar-refractivity contribution >= 4 is 29.2 Å². The van der Waals surface area contributed by atoms with Crippen molar-refractivity contribution in [3.05, 3.63) is 40.3 Å². The van der Waals surface area contributed by atoms with Gasteiger partial charge in [-0.1, -0.05) is 23.4 Å². The molecule has 2 N–H and O–H groups in total. The van der Waals surface area contributed by atoms with Gasteiger partial charge in [0.15, 0.2) is 5.16 Å². The van der Waals surface area contributed by atoms with Crippen LogP contribution in [0.2, 0.25) is 5.15 Å². The van der Waals surface area contributed by atoms with E-state index in [0.29, 0.717) is 16.1 Å². The number of fused-ring (bicyclic) bond motifs is 1. The SMILES string of the molecule is CC(Sc1nc(N)cc(Cl)n1)c1nccc2c1CCCC2. The van der Waals surface area contributed by atoms with Crippen molar-refractivity contribution < 1.29 is 0 Å². The van der Waals surface area contributed by atoms with E-state index < -0.39 is 0 Å². The number of aryl methyl sites for hydroxylation is 1. The molecule has 1 aliphatic carbocycles. The molecule has 21 heavy (non-hydrogen) atoms. The normalized spacial score (nSPS) is 15.5. The van der Waals surface area contributed by atoms with Crippen LogP contribution in [0.4, 0.5) is 5.82 Å². The molecule has 1 aliphatic rings. The number of aromatic nitrogens is 3. The van der Waals surface area contributed by atoms with Gasteiger partial charge in [-0.05, 0) is 49.8 Å². The lowest BCUT2D eigenvalue weighted by atomic mass is 9.90. The molecule has 3 rings (SSSR count). The summed E-state index contributed by atoms with van der Waals surface area (Å²) in [5, 5.41) is 1.15. The molecule has 1 atom stereocenters. The van der Waals surface area contributed by atoms with Crippen LogP contribution in [0.1, 0.15) is 41.8 Å². The highest BCUT2D eigenvalue weighted by molar-refractivity contribution is 7.99. The summed E-state index contributed by atoms with van der Waals surface area (Å²) >= 11 is 7.48. The molecule has 4 nitrogen and oxygen atoms in total. The van der Waals surface area contributed by atoms with Crippen LogP contribution in [-0.4, -0.2) is 15.0 Å². The van der Waals surface area contributed by atoms with E-state index in [1.807, 2.05) is 6.20 Å². The maximum Gasteiger partial charge on any atom is 0.191 e. The molecule has 0 radical (unpaired) electrons. The molecule has 2 heterocycles. The van der Waals surface area contributed by atoms with E-state index >= 15 is 0 Å². The van der Waals surface area contributed by atoms with Crippen LogP contribution in [0, 0.1) is 0 Å². The van der Waals surface area contributed by atoms with Crippen molar-refractivity contribution in [2.45, 2.75) is 43.0 Å². The third-order valence-electron chi connectivity index (χ3n) is 3.67. The van der Waals surface area contributed by atoms with Crippen molar-refractivity contribution in [2.24, 2.45) is 0 Å². The zero-order valence-corrected chi connectivity index (χ0v) is 13.4. The number of hydrogen-bond donors (Lipinski definition) is 1. The maximum absolute atomic E-state index is 5.93. The van der Waals surface area contributed by atoms with Crippen molar-refractivity contribution in [2.75, 3.05) is 5.73 Å². The van der Waals surface area contributed by atoms with Gasteiger partial charge in [-0.15, -0.1) is 0 Å². The highest BCUT2D eigenvalue weighted by Gasteiger charge is 2.20. The van der Waals surface area contributed by atoms with Crippen LogP contribution < -0.4 is 5.73 Å². The third kappa shape index (κ3) is 3.30. The molecular formula is C15H17ClN4S. The first kappa shape index (κ1) is 14.6. The van der Waals surface area contributed by atoms with Crippen molar-refractivity contribution in [3.63, 3.8) is 0 Å². The van der Waals surface area contributed by atoms with Crippen molar-refractivity contribution in [1.82, 2.24) is 15.0 Å². The van der Waals surface area contributed by atoms with E-state index in [1.54, 1.807) is 17.8 Å². The van der Waals surface area contributed by atoms with Crippen LogP contribution in [0.15, 0.2) is 23.5 Å². The molecule has 0 saturated carbocycles. The molecular weight excluding hydrogens is 304 g/mol. The van der Waals surface area contributed by atoms with Gasteiger partial charge < -0.3 is 5.73 Å². The van der Waals surface area contributed by atoms with Gasteiger partial charge >= 0.3 is 0 Å². The molecule has 0 spiro atoms. The predicted octanol–water partition coefficient (Wildman–Crippen LogP) is 3.84. The van der Waals surface area contributed by atoms with Gasteiger partial charge in [0.1, 0.15) is 11.0 Å². The Hall–Kier alpha value is -1.33. The minimum Gasteiger partial charge on any atom is -0.384 e. The first-order chi connectivity index (χ1) is 10.1. The average molecular weight is 321 g/mol. The Morgan fingerprint density at radius 3 is 2.90 bits per heavy atom. The average Bonchev–Trinajstić information content (AvgIpc) is 2.45. The van der Waals surface area contributed by atoms with E-state index in [0.717, 1.165) is 18.5 Å². The smallest absolute Gasteiger partial charge is 0.191 e. The lowest BCUT2D eigenvalue weighted by molar-refractivity contribution is 0.671. The molecule has 2 aromatic rings. The monoisotopic (exact) mass is 320 g/mol. The second-order valence-electron chi connectivity index (χ2n) is 5.20. The molecule has 110 valence electrons. The molecule has 6 heteroatoms. The highest BCUT2D eigenvalue weighted by Crippen LogP contribution is 2.36. The van der Waals surface area contributed by atoms with Gasteiger partial charge in [-0.3, -0.25) is 4.98 Å². The van der Waals surface area contributed by atoms with E-state index in [9.17, 15) is 0 Å². The molecule has 1 unspecified atom stereocenters. The zero-order chi connectivity index (χ0) is 14.8. The summed E-state index contributed by atoms with van der Waals surface area (Å²) in [4.78, 5) is 13.0. The lowest BCUT2D eigenvalue weighted by Gasteiger charge is -2.21. The number of rotatable bonds is 3. The van der Waals surface area contributed by atoms with Crippen LogP contribution >= 0.6 is 23.4 Å². The fraction of sp³-hybridized carbons (Fsp3) is 0.400. The van der Waals surface area contributed by atoms with E-state index in [-0.39, 0.29) is 5.25 Å². The number of nitrogens with zero attached hydrogens (tertiary/aromatic N) is 3. The number of halogens is 1. The van der Waals surface area contributed by atoms with Crippen LogP contribution in [0.5, 0.6) is 0 Å². The molecule has 0 aliphatic heterocycles. The Morgan fingerprint density at radius 1 is 1.29 bits per heavy atom. The molecule has 0 aromatic carbocycles. The first-order valence-electron chi connectivity index (χ1n) is 7.07. The van der Waals surface area contributed by atoms with Gasteiger partial charge in [-0.25, -0.2) is 9.97 Å². The minimum absolute atomic E-state index is 0.177. The molecule has 2 aromatic heterocycles. The molecule has 0 fully saturated rings. The Morgan fingerprint density at radius 2 is 2.10 bits per heavy atom. The summed E-state index contributed by atoms with van der Waals surface area (Å²) in [6, 6.07) is 3.70. The van der Waals surface area contributed by atoms with Crippen LogP contribution in [0.25, 0.3) is 0 Å². The second kappa shape index (κ2) is 6.20. The van der Waals surface area contributed by atoms with Gasteiger partial charge in [0, 0.05) is 12.3 Å². The maximum atomic E-state index is 5.93. The quantitative estimate of drug-likeness (QED) is 0.529. The highest BCUT2D eigenvalue weighted by atomic mass is 35.5. The molecule has 0 saturated heterocycles. The number of hydrogen-bond acceptors (Lipinski definition) is 5. The summed E-state index contributed by atoms with van der Waals surface area (Å²) < 4.78 is 0. The first-order valence-corrected chi connectivity index (χ1v) is 8.32. The van der Waals surface area contributed by atoms with E-state index in [2.05, 4.69) is 27.9 Å². The number of nitrogen functional groups attached to an aromatic ring is 1. The fourth-order valence-electron chi connectivity index (χ4n) is 2.72. The standard InChI is InChI=1S/C15H17ClN4S/c1-9(21-15-19-12(16)8-13(17)20-15)14-11-5-3-2-4-10(11)6-7-18-14/h6-9H,2-5H2,1H3,(H2,17,19,20). The number of thioether (sulfide) groups is 1. The Labute approximate surface area is 133 Å². The Bertz CT molecular complexity index is 642. The van der Waals surface area contributed by atoms with Crippen molar-refractivity contribution in [3.8, 4) is 0 Å². The summed E-state index contributed by atoms with van der Waals surface area (Å²) in [6.45, 7) is 2.13. The van der Waals surface area contributed by atoms with Crippen molar-refractivity contribution in [1.29, 1.82) is 0 Å². The van der Waals surface area contributed by atoms with E-state index in [1.165, 1.54) is 24.0 Å². The molecule has 0 bridgehead atoms. The second-order valence-corrected chi connectivity index (χ2v) is 6.89. The van der Waals surface area contributed by atoms with Gasteiger partial charge in [0.25, 0.3) is 0 Å².